The van der Waals surface area contributed by atoms with Gasteiger partial charge in [0, 0.05) is 32.5 Å². The molecule has 3 rings (SSSR count). The fraction of sp³-hybridized carbons (Fsp3) is 0. The van der Waals surface area contributed by atoms with Gasteiger partial charge in [-0.1, -0.05) is 5.39 Å². The van der Waals surface area contributed by atoms with Crippen molar-refractivity contribution in [2.75, 3.05) is 0 Å². The van der Waals surface area contributed by atoms with Crippen molar-refractivity contribution >= 4 is 16.6 Å². The number of fused-ring (bicyclic) bond motifs is 3. The van der Waals surface area contributed by atoms with Gasteiger partial charge in [-0.2, -0.15) is 0 Å². The number of nitrogens with zero attached hydrogens (tertiary/aromatic N) is 3. The van der Waals surface area contributed by atoms with Gasteiger partial charge in [-0.25, -0.2) is 0 Å². The third-order valence-corrected chi connectivity index (χ3v) is 2.05. The summed E-state index contributed by atoms with van der Waals surface area (Å²) in [4.78, 5) is 8.51. The summed E-state index contributed by atoms with van der Waals surface area (Å²) in [5, 5.41) is 0.968. The van der Waals surface area contributed by atoms with Crippen LogP contribution in [0.5, 0.6) is 0 Å². The predicted molar refractivity (Wildman–Crippen MR) is 49.3 cm³/mol. The first-order valence-corrected chi connectivity index (χ1v) is 4.03. The van der Waals surface area contributed by atoms with E-state index in [4.69, 9.17) is 0 Å². The number of benzene rings is 1. The molecule has 1 aromatic carbocycles. The third-order valence-electron chi connectivity index (χ3n) is 2.05. The topological polar surface area (TPSA) is 30.2 Å². The maximum Gasteiger partial charge on any atom is 0.0816 e. The quantitative estimate of drug-likeness (QED) is 0.571. The molecule has 1 radical (unpaired) electrons. The van der Waals surface area contributed by atoms with Crippen molar-refractivity contribution in [2.45, 2.75) is 0 Å². The minimum Gasteiger partial charge on any atom is -0.331 e. The SMILES string of the molecule is [Ir].[c-]1cccc2ncn3ccnc3c12. The number of imidazole rings is 1. The van der Waals surface area contributed by atoms with E-state index in [1.54, 1.807) is 12.5 Å². The van der Waals surface area contributed by atoms with Crippen molar-refractivity contribution in [3.05, 3.63) is 43.0 Å². The molecule has 0 bridgehead atoms. The van der Waals surface area contributed by atoms with Gasteiger partial charge in [-0.3, -0.25) is 9.97 Å². The van der Waals surface area contributed by atoms with Crippen LogP contribution >= 0.6 is 0 Å². The molecule has 2 heterocycles. The van der Waals surface area contributed by atoms with E-state index in [1.165, 1.54) is 0 Å². The van der Waals surface area contributed by atoms with Gasteiger partial charge in [0.2, 0.25) is 0 Å². The van der Waals surface area contributed by atoms with Crippen molar-refractivity contribution in [1.82, 2.24) is 14.4 Å². The molecule has 0 atom stereocenters. The van der Waals surface area contributed by atoms with Crippen LogP contribution in [-0.2, 0) is 20.1 Å². The molecule has 3 aromatic rings. The summed E-state index contributed by atoms with van der Waals surface area (Å²) in [5.41, 5.74) is 1.84. The molecule has 0 aliphatic heterocycles. The Morgan fingerprint density at radius 3 is 3.14 bits per heavy atom. The van der Waals surface area contributed by atoms with Crippen molar-refractivity contribution in [2.24, 2.45) is 0 Å². The second kappa shape index (κ2) is 3.48. The van der Waals surface area contributed by atoms with E-state index in [0.717, 1.165) is 16.6 Å². The molecule has 14 heavy (non-hydrogen) atoms. The van der Waals surface area contributed by atoms with Crippen LogP contribution in [0.4, 0.5) is 0 Å². The monoisotopic (exact) mass is 361 g/mol. The van der Waals surface area contributed by atoms with Gasteiger partial charge in [0.15, 0.2) is 0 Å². The summed E-state index contributed by atoms with van der Waals surface area (Å²) in [6, 6.07) is 8.89. The summed E-state index contributed by atoms with van der Waals surface area (Å²) < 4.78 is 1.89. The van der Waals surface area contributed by atoms with Gasteiger partial charge in [0.1, 0.15) is 0 Å². The van der Waals surface area contributed by atoms with Crippen LogP contribution in [-0.4, -0.2) is 14.4 Å². The summed E-state index contributed by atoms with van der Waals surface area (Å²) in [6.45, 7) is 0. The van der Waals surface area contributed by atoms with Crippen molar-refractivity contribution < 1.29 is 20.1 Å². The third kappa shape index (κ3) is 1.24. The van der Waals surface area contributed by atoms with Crippen LogP contribution in [0.1, 0.15) is 0 Å². The van der Waals surface area contributed by atoms with E-state index in [2.05, 4.69) is 16.0 Å². The molecule has 3 nitrogen and oxygen atoms in total. The van der Waals surface area contributed by atoms with Crippen LogP contribution in [0.3, 0.4) is 0 Å². The maximum absolute atomic E-state index is 4.27. The van der Waals surface area contributed by atoms with Gasteiger partial charge in [-0.05, 0) is 5.52 Å². The van der Waals surface area contributed by atoms with Crippen LogP contribution in [0.15, 0.2) is 36.9 Å². The molecule has 0 spiro atoms. The molecule has 0 saturated carbocycles. The normalized spacial score (nSPS) is 10.3. The second-order valence-electron chi connectivity index (χ2n) is 2.83. The molecule has 0 aliphatic carbocycles. The van der Waals surface area contributed by atoms with E-state index in [-0.39, 0.29) is 20.1 Å². The minimum atomic E-state index is 0. The van der Waals surface area contributed by atoms with E-state index >= 15 is 0 Å². The molecule has 0 fully saturated rings. The number of hydrogen-bond donors (Lipinski definition) is 0. The van der Waals surface area contributed by atoms with Crippen LogP contribution in [0.25, 0.3) is 16.6 Å². The molecular formula is C10H6IrN3-. The van der Waals surface area contributed by atoms with Gasteiger partial charge in [0.25, 0.3) is 0 Å². The average Bonchev–Trinajstić information content (AvgIpc) is 2.65. The Bertz CT molecular complexity index is 573. The Morgan fingerprint density at radius 1 is 1.29 bits per heavy atom. The van der Waals surface area contributed by atoms with Gasteiger partial charge < -0.3 is 4.40 Å². The molecule has 0 aliphatic rings. The molecule has 71 valence electrons. The largest absolute Gasteiger partial charge is 0.331 e. The fourth-order valence-corrected chi connectivity index (χ4v) is 1.44. The zero-order chi connectivity index (χ0) is 8.67. The van der Waals surface area contributed by atoms with E-state index in [9.17, 15) is 0 Å². The number of rotatable bonds is 0. The van der Waals surface area contributed by atoms with Crippen LogP contribution < -0.4 is 0 Å². The Morgan fingerprint density at radius 2 is 2.21 bits per heavy atom. The Labute approximate surface area is 94.1 Å². The molecule has 2 aromatic heterocycles. The van der Waals surface area contributed by atoms with Gasteiger partial charge >= 0.3 is 0 Å². The number of hydrogen-bond acceptors (Lipinski definition) is 2. The molecular weight excluding hydrogens is 354 g/mol. The Hall–Kier alpha value is -1.25. The summed E-state index contributed by atoms with van der Waals surface area (Å²) in [5.74, 6) is 0. The zero-order valence-corrected chi connectivity index (χ0v) is 9.53. The second-order valence-corrected chi connectivity index (χ2v) is 2.83. The minimum absolute atomic E-state index is 0. The maximum atomic E-state index is 4.27. The first kappa shape index (κ1) is 9.31. The van der Waals surface area contributed by atoms with E-state index in [0.29, 0.717) is 0 Å². The summed E-state index contributed by atoms with van der Waals surface area (Å²) in [6.07, 6.45) is 5.40. The fourth-order valence-electron chi connectivity index (χ4n) is 1.44. The molecule has 0 unspecified atom stereocenters. The summed E-state index contributed by atoms with van der Waals surface area (Å²) >= 11 is 0. The zero-order valence-electron chi connectivity index (χ0n) is 7.14. The van der Waals surface area contributed by atoms with Crippen molar-refractivity contribution in [3.63, 3.8) is 0 Å². The van der Waals surface area contributed by atoms with Crippen molar-refractivity contribution in [1.29, 1.82) is 0 Å². The first-order valence-electron chi connectivity index (χ1n) is 4.03. The van der Waals surface area contributed by atoms with E-state index in [1.807, 2.05) is 28.8 Å². The van der Waals surface area contributed by atoms with E-state index < -0.39 is 0 Å². The van der Waals surface area contributed by atoms with Crippen molar-refractivity contribution in [3.8, 4) is 0 Å². The Kier molecular flexibility index (Phi) is 2.31. The molecule has 4 heteroatoms. The Balaban J connectivity index is 0.000000750. The number of aromatic nitrogens is 3. The average molecular weight is 360 g/mol. The van der Waals surface area contributed by atoms with Gasteiger partial charge in [0.05, 0.1) is 12.0 Å². The standard InChI is InChI=1S/C10H6N3.Ir/c1-2-4-9-8(3-1)10-11-5-6-13(10)7-12-9;/h1-2,4-7H;/q-1;. The molecule has 0 N–H and O–H groups in total. The molecule has 0 amide bonds. The first-order chi connectivity index (χ1) is 6.45. The van der Waals surface area contributed by atoms with Crippen LogP contribution in [0, 0.1) is 6.07 Å². The summed E-state index contributed by atoms with van der Waals surface area (Å²) in [7, 11) is 0. The predicted octanol–water partition coefficient (Wildman–Crippen LogP) is 1.68. The molecule has 0 saturated heterocycles. The smallest absolute Gasteiger partial charge is 0.0816 e. The van der Waals surface area contributed by atoms with Gasteiger partial charge in [-0.15, -0.1) is 24.3 Å². The van der Waals surface area contributed by atoms with Crippen LogP contribution in [0.2, 0.25) is 0 Å².